The molecule has 1 amide bonds. The predicted molar refractivity (Wildman–Crippen MR) is 88.3 cm³/mol. The molecule has 1 aromatic carbocycles. The summed E-state index contributed by atoms with van der Waals surface area (Å²) in [4.78, 5) is 21.8. The van der Waals surface area contributed by atoms with Crippen LogP contribution in [0.15, 0.2) is 42.7 Å². The molecule has 1 unspecified atom stereocenters. The van der Waals surface area contributed by atoms with E-state index in [4.69, 9.17) is 4.74 Å². The van der Waals surface area contributed by atoms with Crippen LogP contribution in [0, 0.1) is 0 Å². The summed E-state index contributed by atoms with van der Waals surface area (Å²) in [7, 11) is 0. The molecule has 122 valence electrons. The number of piperidine rings is 1. The molecule has 0 aliphatic carbocycles. The lowest BCUT2D eigenvalue weighted by atomic mass is 9.97. The summed E-state index contributed by atoms with van der Waals surface area (Å²) in [5, 5.41) is 0. The molecule has 2 aromatic rings. The molecule has 23 heavy (non-hydrogen) atoms. The molecule has 1 aliphatic rings. The van der Waals surface area contributed by atoms with Gasteiger partial charge >= 0.3 is 0 Å². The Kier molecular flexibility index (Phi) is 5.29. The fourth-order valence-electron chi connectivity index (χ4n) is 3.02. The topological polar surface area (TPSA) is 58.2 Å². The summed E-state index contributed by atoms with van der Waals surface area (Å²) in [5.74, 6) is 2.41. The van der Waals surface area contributed by atoms with E-state index in [2.05, 4.69) is 9.97 Å². The number of nitrogens with one attached hydrogen (secondary N) is 1. The van der Waals surface area contributed by atoms with Crippen molar-refractivity contribution < 1.29 is 9.53 Å². The van der Waals surface area contributed by atoms with Gasteiger partial charge in [-0.1, -0.05) is 18.2 Å². The molecule has 0 bridgehead atoms. The lowest BCUT2D eigenvalue weighted by Gasteiger charge is -2.32. The summed E-state index contributed by atoms with van der Waals surface area (Å²) in [6, 6.07) is 9.72. The molecule has 3 rings (SSSR count). The third-order valence-electron chi connectivity index (χ3n) is 4.23. The maximum absolute atomic E-state index is 12.4. The lowest BCUT2D eigenvalue weighted by molar-refractivity contribution is -0.132. The average molecular weight is 313 g/mol. The second-order valence-corrected chi connectivity index (χ2v) is 5.92. The SMILES string of the molecule is O=C(CCCOc1ccccc1)N1CCCC(c2ncc[nH]2)C1. The number of carbonyl (C=O) groups excluding carboxylic acids is 1. The molecule has 0 spiro atoms. The van der Waals surface area contributed by atoms with Gasteiger partial charge in [0.15, 0.2) is 0 Å². The number of benzene rings is 1. The Morgan fingerprint density at radius 2 is 2.22 bits per heavy atom. The van der Waals surface area contributed by atoms with E-state index < -0.39 is 0 Å². The first-order valence-electron chi connectivity index (χ1n) is 8.28. The molecule has 1 fully saturated rings. The van der Waals surface area contributed by atoms with Crippen molar-refractivity contribution in [2.24, 2.45) is 0 Å². The van der Waals surface area contributed by atoms with Gasteiger partial charge in [0.05, 0.1) is 6.61 Å². The zero-order valence-corrected chi connectivity index (χ0v) is 13.3. The van der Waals surface area contributed by atoms with E-state index in [9.17, 15) is 4.79 Å². The summed E-state index contributed by atoms with van der Waals surface area (Å²) < 4.78 is 5.64. The largest absolute Gasteiger partial charge is 0.494 e. The minimum absolute atomic E-state index is 0.220. The first-order valence-corrected chi connectivity index (χ1v) is 8.28. The number of amides is 1. The Labute approximate surface area is 136 Å². The number of nitrogens with zero attached hydrogens (tertiary/aromatic N) is 2. The van der Waals surface area contributed by atoms with Crippen molar-refractivity contribution in [1.29, 1.82) is 0 Å². The van der Waals surface area contributed by atoms with Crippen LogP contribution < -0.4 is 4.74 Å². The number of likely N-dealkylation sites (tertiary alicyclic amines) is 1. The summed E-state index contributed by atoms with van der Waals surface area (Å²) in [5.41, 5.74) is 0. The van der Waals surface area contributed by atoms with Gasteiger partial charge in [0.25, 0.3) is 0 Å². The van der Waals surface area contributed by atoms with E-state index in [-0.39, 0.29) is 5.91 Å². The molecule has 5 nitrogen and oxygen atoms in total. The van der Waals surface area contributed by atoms with Crippen molar-refractivity contribution in [3.63, 3.8) is 0 Å². The van der Waals surface area contributed by atoms with Crippen LogP contribution in [0.5, 0.6) is 5.75 Å². The van der Waals surface area contributed by atoms with Gasteiger partial charge in [-0.05, 0) is 31.4 Å². The third kappa shape index (κ3) is 4.34. The van der Waals surface area contributed by atoms with Gasteiger partial charge < -0.3 is 14.6 Å². The van der Waals surface area contributed by atoms with Crippen molar-refractivity contribution >= 4 is 5.91 Å². The molecule has 1 aromatic heterocycles. The zero-order chi connectivity index (χ0) is 15.9. The third-order valence-corrected chi connectivity index (χ3v) is 4.23. The molecule has 0 saturated carbocycles. The fourth-order valence-corrected chi connectivity index (χ4v) is 3.02. The fraction of sp³-hybridized carbons (Fsp3) is 0.444. The number of H-pyrrole nitrogens is 1. The number of aromatic amines is 1. The molecular weight excluding hydrogens is 290 g/mol. The van der Waals surface area contributed by atoms with E-state index in [1.54, 1.807) is 6.20 Å². The van der Waals surface area contributed by atoms with Crippen LogP contribution in [0.2, 0.25) is 0 Å². The molecule has 1 aliphatic heterocycles. The summed E-state index contributed by atoms with van der Waals surface area (Å²) in [6.07, 6.45) is 7.04. The minimum atomic E-state index is 0.220. The predicted octanol–water partition coefficient (Wildman–Crippen LogP) is 2.97. The Morgan fingerprint density at radius 1 is 1.35 bits per heavy atom. The van der Waals surface area contributed by atoms with Gasteiger partial charge in [-0.3, -0.25) is 4.79 Å². The van der Waals surface area contributed by atoms with E-state index >= 15 is 0 Å². The highest BCUT2D eigenvalue weighted by atomic mass is 16.5. The Morgan fingerprint density at radius 3 is 3.00 bits per heavy atom. The van der Waals surface area contributed by atoms with Crippen molar-refractivity contribution in [3.8, 4) is 5.75 Å². The van der Waals surface area contributed by atoms with Crippen LogP contribution in [0.3, 0.4) is 0 Å². The normalized spacial score (nSPS) is 17.9. The second kappa shape index (κ2) is 7.81. The number of para-hydroxylation sites is 1. The van der Waals surface area contributed by atoms with Gasteiger partial charge in [0, 0.05) is 37.8 Å². The smallest absolute Gasteiger partial charge is 0.222 e. The lowest BCUT2D eigenvalue weighted by Crippen LogP contribution is -2.39. The van der Waals surface area contributed by atoms with E-state index in [1.807, 2.05) is 41.4 Å². The van der Waals surface area contributed by atoms with Gasteiger partial charge in [-0.2, -0.15) is 0 Å². The van der Waals surface area contributed by atoms with Crippen molar-refractivity contribution in [2.45, 2.75) is 31.6 Å². The highest BCUT2D eigenvalue weighted by molar-refractivity contribution is 5.76. The zero-order valence-electron chi connectivity index (χ0n) is 13.3. The van der Waals surface area contributed by atoms with E-state index in [0.717, 1.165) is 43.9 Å². The van der Waals surface area contributed by atoms with Crippen LogP contribution in [0.1, 0.15) is 37.4 Å². The maximum Gasteiger partial charge on any atom is 0.222 e. The minimum Gasteiger partial charge on any atom is -0.494 e. The average Bonchev–Trinajstić information content (AvgIpc) is 3.14. The first kappa shape index (κ1) is 15.6. The Bertz CT molecular complexity index is 598. The number of imidazole rings is 1. The number of carbonyl (C=O) groups is 1. The Balaban J connectivity index is 1.41. The van der Waals surface area contributed by atoms with Gasteiger partial charge in [-0.25, -0.2) is 4.98 Å². The highest BCUT2D eigenvalue weighted by Gasteiger charge is 2.25. The molecule has 1 N–H and O–H groups in total. The number of hydrogen-bond acceptors (Lipinski definition) is 3. The van der Waals surface area contributed by atoms with Crippen LogP contribution in [0.4, 0.5) is 0 Å². The van der Waals surface area contributed by atoms with E-state index in [1.165, 1.54) is 0 Å². The summed E-state index contributed by atoms with van der Waals surface area (Å²) in [6.45, 7) is 2.20. The van der Waals surface area contributed by atoms with Crippen LogP contribution in [-0.4, -0.2) is 40.5 Å². The molecule has 2 heterocycles. The first-order chi connectivity index (χ1) is 11.3. The van der Waals surface area contributed by atoms with Crippen molar-refractivity contribution in [2.75, 3.05) is 19.7 Å². The van der Waals surface area contributed by atoms with Crippen molar-refractivity contribution in [1.82, 2.24) is 14.9 Å². The highest BCUT2D eigenvalue weighted by Crippen LogP contribution is 2.24. The number of ether oxygens (including phenoxy) is 1. The van der Waals surface area contributed by atoms with Crippen LogP contribution in [-0.2, 0) is 4.79 Å². The second-order valence-electron chi connectivity index (χ2n) is 5.92. The molecule has 1 atom stereocenters. The van der Waals surface area contributed by atoms with Crippen LogP contribution in [0.25, 0.3) is 0 Å². The summed E-state index contributed by atoms with van der Waals surface area (Å²) >= 11 is 0. The maximum atomic E-state index is 12.4. The quantitative estimate of drug-likeness (QED) is 0.834. The monoisotopic (exact) mass is 313 g/mol. The van der Waals surface area contributed by atoms with Gasteiger partial charge in [0.2, 0.25) is 5.91 Å². The van der Waals surface area contributed by atoms with Crippen LogP contribution >= 0.6 is 0 Å². The Hall–Kier alpha value is -2.30. The van der Waals surface area contributed by atoms with Gasteiger partial charge in [-0.15, -0.1) is 0 Å². The molecule has 5 heteroatoms. The number of rotatable bonds is 6. The van der Waals surface area contributed by atoms with Crippen molar-refractivity contribution in [3.05, 3.63) is 48.5 Å². The molecule has 1 saturated heterocycles. The molecular formula is C18H23N3O2. The standard InChI is InChI=1S/C18H23N3O2/c22-17(9-5-13-23-16-7-2-1-3-8-16)21-12-4-6-15(14-21)18-19-10-11-20-18/h1-3,7-8,10-11,15H,4-6,9,12-14H2,(H,19,20). The number of hydrogen-bond donors (Lipinski definition) is 1. The van der Waals surface area contributed by atoms with Gasteiger partial charge in [0.1, 0.15) is 11.6 Å². The molecule has 0 radical (unpaired) electrons. The number of aromatic nitrogens is 2. The van der Waals surface area contributed by atoms with E-state index in [0.29, 0.717) is 18.9 Å².